The molecule has 15 heavy (non-hydrogen) atoms. The lowest BCUT2D eigenvalue weighted by Gasteiger charge is -2.24. The van der Waals surface area contributed by atoms with E-state index in [0.29, 0.717) is 0 Å². The third-order valence-corrected chi connectivity index (χ3v) is 3.35. The van der Waals surface area contributed by atoms with Crippen LogP contribution in [0.15, 0.2) is 12.2 Å². The Hall–Kier alpha value is -1.32. The fourth-order valence-corrected chi connectivity index (χ4v) is 2.63. The Labute approximate surface area is 88.2 Å². The zero-order valence-electron chi connectivity index (χ0n) is 9.02. The maximum absolute atomic E-state index is 11.6. The SMILES string of the molecule is COC(=O)[C@@H]1C(=O)O[C@@]2(C)C=C[C@H](C)[C@@H]12. The number of rotatable bonds is 1. The maximum Gasteiger partial charge on any atom is 0.321 e. The van der Waals surface area contributed by atoms with E-state index in [1.165, 1.54) is 7.11 Å². The molecule has 2 rings (SSSR count). The second kappa shape index (κ2) is 3.08. The van der Waals surface area contributed by atoms with Crippen LogP contribution in [0.2, 0.25) is 0 Å². The molecule has 0 aromatic carbocycles. The Morgan fingerprint density at radius 1 is 1.60 bits per heavy atom. The Bertz CT molecular complexity index is 346. The molecule has 4 nitrogen and oxygen atoms in total. The Kier molecular flexibility index (Phi) is 2.10. The van der Waals surface area contributed by atoms with E-state index >= 15 is 0 Å². The Balaban J connectivity index is 2.35. The number of hydrogen-bond donors (Lipinski definition) is 0. The number of fused-ring (bicyclic) bond motifs is 1. The molecule has 0 unspecified atom stereocenters. The average Bonchev–Trinajstić information content (AvgIpc) is 2.60. The molecule has 2 aliphatic rings. The fraction of sp³-hybridized carbons (Fsp3) is 0.636. The molecular formula is C11H14O4. The van der Waals surface area contributed by atoms with Crippen molar-refractivity contribution in [2.24, 2.45) is 17.8 Å². The highest BCUT2D eigenvalue weighted by molar-refractivity contribution is 5.97. The van der Waals surface area contributed by atoms with Gasteiger partial charge in [0.05, 0.1) is 7.11 Å². The van der Waals surface area contributed by atoms with Crippen molar-refractivity contribution in [2.45, 2.75) is 19.4 Å². The van der Waals surface area contributed by atoms with E-state index in [1.807, 2.05) is 26.0 Å². The first kappa shape index (κ1) is 10.2. The highest BCUT2D eigenvalue weighted by Crippen LogP contribution is 2.47. The van der Waals surface area contributed by atoms with E-state index < -0.39 is 23.5 Å². The van der Waals surface area contributed by atoms with E-state index in [4.69, 9.17) is 4.74 Å². The van der Waals surface area contributed by atoms with Crippen LogP contribution >= 0.6 is 0 Å². The predicted octanol–water partition coefficient (Wildman–Crippen LogP) is 0.913. The van der Waals surface area contributed by atoms with Crippen molar-refractivity contribution in [3.63, 3.8) is 0 Å². The fourth-order valence-electron chi connectivity index (χ4n) is 2.63. The quantitative estimate of drug-likeness (QED) is 0.367. The van der Waals surface area contributed by atoms with Crippen LogP contribution in [-0.2, 0) is 19.1 Å². The zero-order valence-corrected chi connectivity index (χ0v) is 9.02. The number of carbonyl (C=O) groups excluding carboxylic acids is 2. The van der Waals surface area contributed by atoms with E-state index in [-0.39, 0.29) is 11.8 Å². The number of carbonyl (C=O) groups is 2. The molecule has 4 heteroatoms. The van der Waals surface area contributed by atoms with Crippen LogP contribution in [0.25, 0.3) is 0 Å². The molecule has 0 N–H and O–H groups in total. The standard InChI is InChI=1S/C11H14O4/c1-6-4-5-11(2)8(6)7(9(12)14-3)10(13)15-11/h4-8H,1-3H3/t6-,7+,8-,11-/m0/s1. The van der Waals surface area contributed by atoms with Crippen molar-refractivity contribution in [1.82, 2.24) is 0 Å². The van der Waals surface area contributed by atoms with E-state index in [1.54, 1.807) is 0 Å². The van der Waals surface area contributed by atoms with E-state index in [9.17, 15) is 9.59 Å². The summed E-state index contributed by atoms with van der Waals surface area (Å²) in [5.41, 5.74) is -0.630. The molecule has 1 aliphatic heterocycles. The number of methoxy groups -OCH3 is 1. The van der Waals surface area contributed by atoms with Crippen molar-refractivity contribution in [2.75, 3.05) is 7.11 Å². The van der Waals surface area contributed by atoms with E-state index in [2.05, 4.69) is 4.74 Å². The second-order valence-electron chi connectivity index (χ2n) is 4.35. The van der Waals surface area contributed by atoms with Crippen LogP contribution in [0, 0.1) is 17.8 Å². The number of ether oxygens (including phenoxy) is 2. The lowest BCUT2D eigenvalue weighted by atomic mass is 9.79. The van der Waals surface area contributed by atoms with Gasteiger partial charge in [0.1, 0.15) is 5.60 Å². The minimum atomic E-state index is -0.773. The van der Waals surface area contributed by atoms with Crippen molar-refractivity contribution in [1.29, 1.82) is 0 Å². The topological polar surface area (TPSA) is 52.6 Å². The summed E-state index contributed by atoms with van der Waals surface area (Å²) < 4.78 is 9.89. The summed E-state index contributed by atoms with van der Waals surface area (Å²) in [6.45, 7) is 3.81. The van der Waals surface area contributed by atoms with Gasteiger partial charge in [-0.2, -0.15) is 0 Å². The minimum absolute atomic E-state index is 0.127. The summed E-state index contributed by atoms with van der Waals surface area (Å²) in [5, 5.41) is 0. The first-order valence-corrected chi connectivity index (χ1v) is 4.99. The first-order valence-electron chi connectivity index (χ1n) is 4.99. The molecule has 0 amide bonds. The third-order valence-electron chi connectivity index (χ3n) is 3.35. The molecule has 4 atom stereocenters. The van der Waals surface area contributed by atoms with Crippen LogP contribution in [-0.4, -0.2) is 24.6 Å². The van der Waals surface area contributed by atoms with Crippen LogP contribution in [0.5, 0.6) is 0 Å². The molecule has 1 saturated heterocycles. The number of allylic oxidation sites excluding steroid dienone is 1. The van der Waals surface area contributed by atoms with Crippen molar-refractivity contribution < 1.29 is 19.1 Å². The van der Waals surface area contributed by atoms with Gasteiger partial charge in [-0.1, -0.05) is 13.0 Å². The molecular weight excluding hydrogens is 196 g/mol. The van der Waals surface area contributed by atoms with Gasteiger partial charge in [-0.15, -0.1) is 0 Å². The summed E-state index contributed by atoms with van der Waals surface area (Å²) >= 11 is 0. The molecule has 0 bridgehead atoms. The minimum Gasteiger partial charge on any atom is -0.468 e. The van der Waals surface area contributed by atoms with Crippen LogP contribution in [0.4, 0.5) is 0 Å². The van der Waals surface area contributed by atoms with Crippen LogP contribution < -0.4 is 0 Å². The molecule has 1 fully saturated rings. The van der Waals surface area contributed by atoms with Gasteiger partial charge in [0.15, 0.2) is 5.92 Å². The Morgan fingerprint density at radius 2 is 2.27 bits per heavy atom. The summed E-state index contributed by atoms with van der Waals surface area (Å²) in [7, 11) is 1.29. The number of hydrogen-bond acceptors (Lipinski definition) is 4. The lowest BCUT2D eigenvalue weighted by molar-refractivity contribution is -0.156. The van der Waals surface area contributed by atoms with Crippen molar-refractivity contribution in [3.05, 3.63) is 12.2 Å². The molecule has 0 aromatic heterocycles. The lowest BCUT2D eigenvalue weighted by Crippen LogP contribution is -2.34. The average molecular weight is 210 g/mol. The molecule has 1 aliphatic carbocycles. The van der Waals surface area contributed by atoms with Gasteiger partial charge >= 0.3 is 11.9 Å². The Morgan fingerprint density at radius 3 is 2.87 bits per heavy atom. The maximum atomic E-state index is 11.6. The third kappa shape index (κ3) is 1.28. The van der Waals surface area contributed by atoms with Crippen LogP contribution in [0.3, 0.4) is 0 Å². The van der Waals surface area contributed by atoms with Gasteiger partial charge < -0.3 is 9.47 Å². The smallest absolute Gasteiger partial charge is 0.321 e. The molecule has 1 heterocycles. The first-order chi connectivity index (χ1) is 6.99. The van der Waals surface area contributed by atoms with Crippen molar-refractivity contribution >= 4 is 11.9 Å². The molecule has 0 saturated carbocycles. The van der Waals surface area contributed by atoms with E-state index in [0.717, 1.165) is 0 Å². The number of esters is 2. The zero-order chi connectivity index (χ0) is 11.2. The largest absolute Gasteiger partial charge is 0.468 e. The van der Waals surface area contributed by atoms with Gasteiger partial charge in [0, 0.05) is 5.92 Å². The summed E-state index contributed by atoms with van der Waals surface area (Å²) in [4.78, 5) is 23.1. The summed E-state index contributed by atoms with van der Waals surface area (Å²) in [5.74, 6) is -1.71. The molecule has 82 valence electrons. The second-order valence-corrected chi connectivity index (χ2v) is 4.35. The molecule has 0 aromatic rings. The monoisotopic (exact) mass is 210 g/mol. The molecule has 0 spiro atoms. The highest BCUT2D eigenvalue weighted by atomic mass is 16.6. The molecule has 0 radical (unpaired) electrons. The van der Waals surface area contributed by atoms with Gasteiger partial charge in [-0.05, 0) is 18.9 Å². The summed E-state index contributed by atoms with van der Waals surface area (Å²) in [6, 6.07) is 0. The predicted molar refractivity (Wildman–Crippen MR) is 51.8 cm³/mol. The van der Waals surface area contributed by atoms with Gasteiger partial charge in [-0.3, -0.25) is 9.59 Å². The van der Waals surface area contributed by atoms with Crippen molar-refractivity contribution in [3.8, 4) is 0 Å². The van der Waals surface area contributed by atoms with Gasteiger partial charge in [0.2, 0.25) is 0 Å². The van der Waals surface area contributed by atoms with Gasteiger partial charge in [-0.25, -0.2) is 0 Å². The highest BCUT2D eigenvalue weighted by Gasteiger charge is 2.59. The van der Waals surface area contributed by atoms with Crippen LogP contribution in [0.1, 0.15) is 13.8 Å². The summed E-state index contributed by atoms with van der Waals surface area (Å²) in [6.07, 6.45) is 3.84. The normalized spacial score (nSPS) is 42.6. The van der Waals surface area contributed by atoms with Gasteiger partial charge in [0.25, 0.3) is 0 Å².